The fourth-order valence-electron chi connectivity index (χ4n) is 2.65. The highest BCUT2D eigenvalue weighted by Crippen LogP contribution is 2.30. The van der Waals surface area contributed by atoms with E-state index in [1.165, 1.54) is 12.8 Å². The van der Waals surface area contributed by atoms with E-state index in [0.29, 0.717) is 17.5 Å². The minimum atomic E-state index is -0.263. The van der Waals surface area contributed by atoms with E-state index in [4.69, 9.17) is 16.3 Å². The second-order valence-electron chi connectivity index (χ2n) is 4.93. The highest BCUT2D eigenvalue weighted by molar-refractivity contribution is 6.30. The average molecular weight is 282 g/mol. The van der Waals surface area contributed by atoms with Crippen molar-refractivity contribution in [2.45, 2.75) is 38.6 Å². The number of anilines is 1. The molecule has 0 radical (unpaired) electrons. The van der Waals surface area contributed by atoms with E-state index < -0.39 is 0 Å². The summed E-state index contributed by atoms with van der Waals surface area (Å²) in [4.78, 5) is 12.1. The SMILES string of the molecule is CCOC(=O)C(Nc1cccc(Cl)c1)C1CCCC1. The number of carbonyl (C=O) groups excluding carboxylic acids is 1. The van der Waals surface area contributed by atoms with Crippen LogP contribution in [-0.4, -0.2) is 18.6 Å². The smallest absolute Gasteiger partial charge is 0.328 e. The molecule has 0 saturated heterocycles. The Balaban J connectivity index is 2.10. The Kier molecular flexibility index (Phi) is 5.08. The number of carbonyl (C=O) groups is 1. The maximum Gasteiger partial charge on any atom is 0.328 e. The first-order chi connectivity index (χ1) is 9.20. The number of esters is 1. The molecule has 0 heterocycles. The van der Waals surface area contributed by atoms with Gasteiger partial charge >= 0.3 is 5.97 Å². The van der Waals surface area contributed by atoms with E-state index in [1.54, 1.807) is 0 Å². The highest BCUT2D eigenvalue weighted by Gasteiger charge is 2.31. The number of hydrogen-bond acceptors (Lipinski definition) is 3. The summed E-state index contributed by atoms with van der Waals surface area (Å²) >= 11 is 5.97. The Morgan fingerprint density at radius 3 is 2.84 bits per heavy atom. The normalized spacial score (nSPS) is 17.2. The summed E-state index contributed by atoms with van der Waals surface area (Å²) in [7, 11) is 0. The molecule has 0 aliphatic heterocycles. The molecule has 0 bridgehead atoms. The van der Waals surface area contributed by atoms with Crippen molar-refractivity contribution >= 4 is 23.3 Å². The zero-order chi connectivity index (χ0) is 13.7. The van der Waals surface area contributed by atoms with Crippen molar-refractivity contribution in [2.24, 2.45) is 5.92 Å². The van der Waals surface area contributed by atoms with Gasteiger partial charge in [-0.2, -0.15) is 0 Å². The Labute approximate surface area is 119 Å². The van der Waals surface area contributed by atoms with Gasteiger partial charge in [-0.3, -0.25) is 0 Å². The lowest BCUT2D eigenvalue weighted by atomic mass is 9.98. The van der Waals surface area contributed by atoms with E-state index in [-0.39, 0.29) is 12.0 Å². The molecule has 0 amide bonds. The third-order valence-electron chi connectivity index (χ3n) is 3.56. The quantitative estimate of drug-likeness (QED) is 0.833. The number of ether oxygens (including phenoxy) is 1. The zero-order valence-electron chi connectivity index (χ0n) is 11.2. The van der Waals surface area contributed by atoms with Gasteiger partial charge in [-0.05, 0) is 43.9 Å². The van der Waals surface area contributed by atoms with Gasteiger partial charge in [0.25, 0.3) is 0 Å². The van der Waals surface area contributed by atoms with Crippen LogP contribution in [0, 0.1) is 5.92 Å². The van der Waals surface area contributed by atoms with Gasteiger partial charge in [-0.15, -0.1) is 0 Å². The lowest BCUT2D eigenvalue weighted by Crippen LogP contribution is -2.37. The predicted octanol–water partition coefficient (Wildman–Crippen LogP) is 3.87. The van der Waals surface area contributed by atoms with Gasteiger partial charge in [-0.1, -0.05) is 30.5 Å². The fraction of sp³-hybridized carbons (Fsp3) is 0.533. The third-order valence-corrected chi connectivity index (χ3v) is 3.79. The molecule has 1 saturated carbocycles. The van der Waals surface area contributed by atoms with Crippen LogP contribution in [0.25, 0.3) is 0 Å². The van der Waals surface area contributed by atoms with Crippen LogP contribution in [0.2, 0.25) is 5.02 Å². The van der Waals surface area contributed by atoms with Crippen LogP contribution >= 0.6 is 11.6 Å². The molecule has 1 unspecified atom stereocenters. The van der Waals surface area contributed by atoms with E-state index in [9.17, 15) is 4.79 Å². The van der Waals surface area contributed by atoms with Gasteiger partial charge in [0.2, 0.25) is 0 Å². The van der Waals surface area contributed by atoms with Crippen LogP contribution in [-0.2, 0) is 9.53 Å². The first-order valence-electron chi connectivity index (χ1n) is 6.89. The second kappa shape index (κ2) is 6.80. The Hall–Kier alpha value is -1.22. The first-order valence-corrected chi connectivity index (χ1v) is 7.27. The number of nitrogens with one attached hydrogen (secondary N) is 1. The summed E-state index contributed by atoms with van der Waals surface area (Å²) in [6.07, 6.45) is 4.55. The molecule has 3 nitrogen and oxygen atoms in total. The van der Waals surface area contributed by atoms with Crippen LogP contribution in [0.1, 0.15) is 32.6 Å². The van der Waals surface area contributed by atoms with Crippen LogP contribution in [0.3, 0.4) is 0 Å². The molecule has 1 fully saturated rings. The van der Waals surface area contributed by atoms with Crippen molar-refractivity contribution in [3.05, 3.63) is 29.3 Å². The summed E-state index contributed by atoms with van der Waals surface area (Å²) in [6, 6.07) is 7.19. The van der Waals surface area contributed by atoms with Crippen molar-refractivity contribution in [1.82, 2.24) is 0 Å². The average Bonchev–Trinajstić information content (AvgIpc) is 2.90. The summed E-state index contributed by atoms with van der Waals surface area (Å²) in [5, 5.41) is 3.95. The molecule has 19 heavy (non-hydrogen) atoms. The van der Waals surface area contributed by atoms with Gasteiger partial charge in [0.15, 0.2) is 0 Å². The lowest BCUT2D eigenvalue weighted by molar-refractivity contribution is -0.145. The highest BCUT2D eigenvalue weighted by atomic mass is 35.5. The van der Waals surface area contributed by atoms with Crippen molar-refractivity contribution in [3.63, 3.8) is 0 Å². The minimum Gasteiger partial charge on any atom is -0.464 e. The molecule has 1 aromatic carbocycles. The molecule has 0 spiro atoms. The predicted molar refractivity (Wildman–Crippen MR) is 77.5 cm³/mol. The van der Waals surface area contributed by atoms with Crippen molar-refractivity contribution in [1.29, 1.82) is 0 Å². The van der Waals surface area contributed by atoms with Crippen LogP contribution in [0.4, 0.5) is 5.69 Å². The summed E-state index contributed by atoms with van der Waals surface area (Å²) in [5.41, 5.74) is 0.873. The van der Waals surface area contributed by atoms with Crippen molar-refractivity contribution in [3.8, 4) is 0 Å². The molecule has 2 rings (SSSR count). The van der Waals surface area contributed by atoms with Crippen molar-refractivity contribution < 1.29 is 9.53 Å². The molecular weight excluding hydrogens is 262 g/mol. The molecule has 1 N–H and O–H groups in total. The van der Waals surface area contributed by atoms with Gasteiger partial charge in [0, 0.05) is 10.7 Å². The van der Waals surface area contributed by atoms with E-state index in [0.717, 1.165) is 18.5 Å². The van der Waals surface area contributed by atoms with E-state index >= 15 is 0 Å². The first kappa shape index (κ1) is 14.2. The van der Waals surface area contributed by atoms with Crippen LogP contribution in [0.15, 0.2) is 24.3 Å². The Bertz CT molecular complexity index is 430. The minimum absolute atomic E-state index is 0.158. The topological polar surface area (TPSA) is 38.3 Å². The van der Waals surface area contributed by atoms with Gasteiger partial charge in [0.05, 0.1) is 6.61 Å². The molecule has 1 aliphatic carbocycles. The summed E-state index contributed by atoms with van der Waals surface area (Å²) in [6.45, 7) is 2.25. The molecule has 1 aromatic rings. The number of rotatable bonds is 5. The molecule has 1 aliphatic rings. The van der Waals surface area contributed by atoms with Crippen molar-refractivity contribution in [2.75, 3.05) is 11.9 Å². The van der Waals surface area contributed by atoms with Crippen LogP contribution < -0.4 is 5.32 Å². The molecule has 1 atom stereocenters. The maximum atomic E-state index is 12.1. The lowest BCUT2D eigenvalue weighted by Gasteiger charge is -2.23. The molecule has 104 valence electrons. The van der Waals surface area contributed by atoms with E-state index in [1.807, 2.05) is 31.2 Å². The van der Waals surface area contributed by atoms with Gasteiger partial charge in [-0.25, -0.2) is 4.79 Å². The van der Waals surface area contributed by atoms with Crippen LogP contribution in [0.5, 0.6) is 0 Å². The molecular formula is C15H20ClNO2. The Morgan fingerprint density at radius 1 is 1.47 bits per heavy atom. The monoisotopic (exact) mass is 281 g/mol. The number of benzene rings is 1. The molecule has 0 aromatic heterocycles. The zero-order valence-corrected chi connectivity index (χ0v) is 12.0. The van der Waals surface area contributed by atoms with Gasteiger partial charge < -0.3 is 10.1 Å². The van der Waals surface area contributed by atoms with Gasteiger partial charge in [0.1, 0.15) is 6.04 Å². The number of halogens is 1. The maximum absolute atomic E-state index is 12.1. The number of hydrogen-bond donors (Lipinski definition) is 1. The summed E-state index contributed by atoms with van der Waals surface area (Å²) < 4.78 is 5.18. The molecule has 4 heteroatoms. The third kappa shape index (κ3) is 3.87. The Morgan fingerprint density at radius 2 is 2.21 bits per heavy atom. The largest absolute Gasteiger partial charge is 0.464 e. The second-order valence-corrected chi connectivity index (χ2v) is 5.37. The summed E-state index contributed by atoms with van der Waals surface area (Å²) in [5.74, 6) is 0.201. The van der Waals surface area contributed by atoms with E-state index in [2.05, 4.69) is 5.32 Å². The standard InChI is InChI=1S/C15H20ClNO2/c1-2-19-15(18)14(11-6-3-4-7-11)17-13-9-5-8-12(16)10-13/h5,8-11,14,17H,2-4,6-7H2,1H3. The fourth-order valence-corrected chi connectivity index (χ4v) is 2.84.